The quantitative estimate of drug-likeness (QED) is 0.835. The van der Waals surface area contributed by atoms with E-state index in [2.05, 4.69) is 8.75 Å². The van der Waals surface area contributed by atoms with E-state index in [1.54, 1.807) is 31.7 Å². The summed E-state index contributed by atoms with van der Waals surface area (Å²) in [5.74, 6) is 0. The lowest BCUT2D eigenvalue weighted by Crippen LogP contribution is -2.23. The first-order valence-corrected chi connectivity index (χ1v) is 4.93. The molecule has 2 aromatic heterocycles. The second kappa shape index (κ2) is 3.51. The summed E-state index contributed by atoms with van der Waals surface area (Å²) in [6, 6.07) is 1.75. The van der Waals surface area contributed by atoms with Crippen molar-refractivity contribution in [3.63, 3.8) is 0 Å². The lowest BCUT2D eigenvalue weighted by atomic mass is 9.94. The summed E-state index contributed by atoms with van der Waals surface area (Å²) in [4.78, 5) is 0. The van der Waals surface area contributed by atoms with Crippen LogP contribution >= 0.6 is 11.7 Å². The van der Waals surface area contributed by atoms with E-state index in [1.807, 2.05) is 0 Å². The molecule has 0 saturated heterocycles. The van der Waals surface area contributed by atoms with Gasteiger partial charge in [-0.25, -0.2) is 0 Å². The molecule has 1 atom stereocenters. The Bertz CT molecular complexity index is 381. The van der Waals surface area contributed by atoms with E-state index >= 15 is 0 Å². The predicted molar refractivity (Wildman–Crippen MR) is 51.9 cm³/mol. The van der Waals surface area contributed by atoms with Gasteiger partial charge in [-0.3, -0.25) is 0 Å². The standard InChI is InChI=1S/C9H10N2O2S/c1-9(12,7-2-3-13-6-7)4-8-5-10-14-11-8/h2-3,5-6,12H,4H2,1H3. The van der Waals surface area contributed by atoms with Gasteiger partial charge in [0.15, 0.2) is 0 Å². The normalized spacial score (nSPS) is 15.3. The second-order valence-electron chi connectivity index (χ2n) is 3.36. The van der Waals surface area contributed by atoms with Gasteiger partial charge in [0.1, 0.15) is 0 Å². The molecule has 0 aromatic carbocycles. The monoisotopic (exact) mass is 210 g/mol. The smallest absolute Gasteiger partial charge is 0.0963 e. The van der Waals surface area contributed by atoms with E-state index in [1.165, 1.54) is 0 Å². The van der Waals surface area contributed by atoms with Crippen molar-refractivity contribution in [2.45, 2.75) is 18.9 Å². The van der Waals surface area contributed by atoms with E-state index < -0.39 is 5.60 Å². The van der Waals surface area contributed by atoms with Gasteiger partial charge in [-0.05, 0) is 13.0 Å². The fourth-order valence-electron chi connectivity index (χ4n) is 1.29. The van der Waals surface area contributed by atoms with Crippen molar-refractivity contribution >= 4 is 11.7 Å². The second-order valence-corrected chi connectivity index (χ2v) is 3.92. The minimum Gasteiger partial charge on any atom is -0.472 e. The van der Waals surface area contributed by atoms with Gasteiger partial charge < -0.3 is 9.52 Å². The molecule has 2 aromatic rings. The lowest BCUT2D eigenvalue weighted by Gasteiger charge is -2.19. The number of nitrogens with zero attached hydrogens (tertiary/aromatic N) is 2. The zero-order chi connectivity index (χ0) is 10.0. The minimum atomic E-state index is -0.942. The Hall–Kier alpha value is -1.20. The van der Waals surface area contributed by atoms with E-state index in [4.69, 9.17) is 4.42 Å². The first-order chi connectivity index (χ1) is 6.68. The van der Waals surface area contributed by atoms with E-state index in [0.717, 1.165) is 23.0 Å². The van der Waals surface area contributed by atoms with Gasteiger partial charge in [-0.1, -0.05) is 0 Å². The number of aromatic nitrogens is 2. The zero-order valence-corrected chi connectivity index (χ0v) is 8.49. The highest BCUT2D eigenvalue weighted by Gasteiger charge is 2.25. The summed E-state index contributed by atoms with van der Waals surface area (Å²) in [6.45, 7) is 1.73. The molecular weight excluding hydrogens is 200 g/mol. The molecule has 0 bridgehead atoms. The van der Waals surface area contributed by atoms with Gasteiger partial charge in [0.2, 0.25) is 0 Å². The first kappa shape index (κ1) is 9.36. The van der Waals surface area contributed by atoms with Crippen molar-refractivity contribution < 1.29 is 9.52 Å². The zero-order valence-electron chi connectivity index (χ0n) is 7.67. The lowest BCUT2D eigenvalue weighted by molar-refractivity contribution is 0.0561. The summed E-state index contributed by atoms with van der Waals surface area (Å²) in [5.41, 5.74) is 0.606. The number of furan rings is 1. The van der Waals surface area contributed by atoms with Crippen LogP contribution in [0.3, 0.4) is 0 Å². The van der Waals surface area contributed by atoms with Crippen LogP contribution in [0.25, 0.3) is 0 Å². The SMILES string of the molecule is CC(O)(Cc1cnsn1)c1ccoc1. The fourth-order valence-corrected chi connectivity index (χ4v) is 1.72. The summed E-state index contributed by atoms with van der Waals surface area (Å²) < 4.78 is 12.9. The third kappa shape index (κ3) is 1.83. The highest BCUT2D eigenvalue weighted by molar-refractivity contribution is 6.99. The third-order valence-corrected chi connectivity index (χ3v) is 2.59. The molecule has 2 rings (SSSR count). The highest BCUT2D eigenvalue weighted by Crippen LogP contribution is 2.24. The largest absolute Gasteiger partial charge is 0.472 e. The van der Waals surface area contributed by atoms with Crippen LogP contribution in [0, 0.1) is 0 Å². The van der Waals surface area contributed by atoms with Crippen LogP contribution in [0.1, 0.15) is 18.2 Å². The maximum absolute atomic E-state index is 10.1. The molecule has 2 heterocycles. The Morgan fingerprint density at radius 1 is 1.64 bits per heavy atom. The molecule has 0 amide bonds. The van der Waals surface area contributed by atoms with Crippen LogP contribution in [-0.2, 0) is 12.0 Å². The molecule has 0 aliphatic heterocycles. The molecule has 0 fully saturated rings. The maximum atomic E-state index is 10.1. The van der Waals surface area contributed by atoms with Crippen molar-refractivity contribution in [3.05, 3.63) is 36.0 Å². The van der Waals surface area contributed by atoms with Crippen LogP contribution in [0.15, 0.2) is 29.2 Å². The van der Waals surface area contributed by atoms with Gasteiger partial charge in [0.25, 0.3) is 0 Å². The molecule has 1 N–H and O–H groups in total. The topological polar surface area (TPSA) is 59.2 Å². The number of hydrogen-bond donors (Lipinski definition) is 1. The van der Waals surface area contributed by atoms with Crippen LogP contribution < -0.4 is 0 Å². The van der Waals surface area contributed by atoms with Gasteiger partial charge in [0.05, 0.1) is 41.7 Å². The molecule has 0 aliphatic rings. The Balaban J connectivity index is 2.17. The minimum absolute atomic E-state index is 0.447. The van der Waals surface area contributed by atoms with Crippen LogP contribution in [0.4, 0.5) is 0 Å². The summed E-state index contributed by atoms with van der Waals surface area (Å²) in [6.07, 6.45) is 5.20. The summed E-state index contributed by atoms with van der Waals surface area (Å²) in [7, 11) is 0. The average Bonchev–Trinajstić information content (AvgIpc) is 2.71. The molecule has 74 valence electrons. The Kier molecular flexibility index (Phi) is 2.35. The highest BCUT2D eigenvalue weighted by atomic mass is 32.1. The van der Waals surface area contributed by atoms with Crippen molar-refractivity contribution in [3.8, 4) is 0 Å². The number of rotatable bonds is 3. The predicted octanol–water partition coefficient (Wildman–Crippen LogP) is 1.58. The fraction of sp³-hybridized carbons (Fsp3) is 0.333. The Morgan fingerprint density at radius 3 is 3.07 bits per heavy atom. The molecule has 0 saturated carbocycles. The molecular formula is C9H10N2O2S. The molecule has 1 unspecified atom stereocenters. The van der Waals surface area contributed by atoms with Gasteiger partial charge >= 0.3 is 0 Å². The van der Waals surface area contributed by atoms with Crippen molar-refractivity contribution in [1.82, 2.24) is 8.75 Å². The number of aliphatic hydroxyl groups is 1. The van der Waals surface area contributed by atoms with E-state index in [-0.39, 0.29) is 0 Å². The van der Waals surface area contributed by atoms with Gasteiger partial charge in [-0.15, -0.1) is 0 Å². The number of hydrogen-bond acceptors (Lipinski definition) is 5. The summed E-state index contributed by atoms with van der Waals surface area (Å²) in [5, 5.41) is 10.1. The molecule has 4 nitrogen and oxygen atoms in total. The Labute approximate surface area is 85.5 Å². The third-order valence-electron chi connectivity index (χ3n) is 2.08. The molecule has 0 radical (unpaired) electrons. The van der Waals surface area contributed by atoms with Gasteiger partial charge in [0, 0.05) is 12.0 Å². The van der Waals surface area contributed by atoms with Crippen molar-refractivity contribution in [2.75, 3.05) is 0 Å². The molecule has 0 aliphatic carbocycles. The average molecular weight is 210 g/mol. The maximum Gasteiger partial charge on any atom is 0.0963 e. The first-order valence-electron chi connectivity index (χ1n) is 4.20. The van der Waals surface area contributed by atoms with Crippen LogP contribution in [-0.4, -0.2) is 13.9 Å². The van der Waals surface area contributed by atoms with Crippen LogP contribution in [0.2, 0.25) is 0 Å². The van der Waals surface area contributed by atoms with Gasteiger partial charge in [-0.2, -0.15) is 8.75 Å². The van der Waals surface area contributed by atoms with E-state index in [0.29, 0.717) is 6.42 Å². The molecule has 0 spiro atoms. The van der Waals surface area contributed by atoms with Crippen LogP contribution in [0.5, 0.6) is 0 Å². The summed E-state index contributed by atoms with van der Waals surface area (Å²) >= 11 is 1.14. The van der Waals surface area contributed by atoms with Crippen molar-refractivity contribution in [2.24, 2.45) is 0 Å². The Morgan fingerprint density at radius 2 is 2.50 bits per heavy atom. The molecule has 5 heteroatoms. The van der Waals surface area contributed by atoms with Crippen molar-refractivity contribution in [1.29, 1.82) is 0 Å². The van der Waals surface area contributed by atoms with E-state index in [9.17, 15) is 5.11 Å². The molecule has 14 heavy (non-hydrogen) atoms.